The van der Waals surface area contributed by atoms with Gasteiger partial charge in [-0.2, -0.15) is 0 Å². The fourth-order valence-corrected chi connectivity index (χ4v) is 4.66. The fraction of sp³-hybridized carbons (Fsp3) is 0.154. The van der Waals surface area contributed by atoms with Crippen LogP contribution in [0.15, 0.2) is 83.8 Å². The molecule has 0 heterocycles. The Balaban J connectivity index is 1.66. The van der Waals surface area contributed by atoms with Crippen LogP contribution < -0.4 is 5.32 Å². The number of aromatic carboxylic acids is 1. The summed E-state index contributed by atoms with van der Waals surface area (Å²) in [6.45, 7) is 4.42. The van der Waals surface area contributed by atoms with Crippen LogP contribution in [-0.2, 0) is 0 Å². The molecule has 4 nitrogen and oxygen atoms in total. The SMILES string of the molecule is CC1(C)C=CC=C(c2c(SC(=O)Nc3ccc(C(=O)O)cc3)ccc3ccccc23)C1. The van der Waals surface area contributed by atoms with Crippen LogP contribution in [0.1, 0.15) is 36.2 Å². The maximum absolute atomic E-state index is 12.8. The highest BCUT2D eigenvalue weighted by Crippen LogP contribution is 2.42. The predicted molar refractivity (Wildman–Crippen MR) is 128 cm³/mol. The van der Waals surface area contributed by atoms with Crippen LogP contribution in [0, 0.1) is 5.41 Å². The van der Waals surface area contributed by atoms with Crippen molar-refractivity contribution in [2.75, 3.05) is 5.32 Å². The Morgan fingerprint density at radius 2 is 1.74 bits per heavy atom. The van der Waals surface area contributed by atoms with E-state index in [0.717, 1.165) is 39.4 Å². The van der Waals surface area contributed by atoms with Gasteiger partial charge in [0.25, 0.3) is 5.24 Å². The molecule has 0 radical (unpaired) electrons. The number of allylic oxidation sites excluding steroid dienone is 4. The van der Waals surface area contributed by atoms with E-state index in [1.54, 1.807) is 12.1 Å². The van der Waals surface area contributed by atoms with Gasteiger partial charge in [0.1, 0.15) is 0 Å². The van der Waals surface area contributed by atoms with Gasteiger partial charge in [-0.3, -0.25) is 4.79 Å². The Morgan fingerprint density at radius 3 is 2.45 bits per heavy atom. The number of anilines is 1. The summed E-state index contributed by atoms with van der Waals surface area (Å²) < 4.78 is 0. The number of rotatable bonds is 4. The molecule has 3 aromatic carbocycles. The third-order valence-electron chi connectivity index (χ3n) is 5.28. The standard InChI is InChI=1S/C26H23NO3S/c1-26(2)15-5-7-19(16-26)23-21-8-4-3-6-17(21)11-14-22(23)31-25(30)27-20-12-9-18(10-13-20)24(28)29/h3-15H,16H2,1-2H3,(H,27,30)(H,28,29). The molecule has 0 saturated heterocycles. The second-order valence-corrected chi connectivity index (χ2v) is 9.29. The lowest BCUT2D eigenvalue weighted by atomic mass is 9.79. The van der Waals surface area contributed by atoms with Gasteiger partial charge in [0.05, 0.1) is 5.56 Å². The quantitative estimate of drug-likeness (QED) is 0.429. The average molecular weight is 430 g/mol. The minimum absolute atomic E-state index is 0.0527. The number of fused-ring (bicyclic) bond motifs is 1. The van der Waals surface area contributed by atoms with Crippen LogP contribution in [0.3, 0.4) is 0 Å². The van der Waals surface area contributed by atoms with Gasteiger partial charge in [-0.25, -0.2) is 4.79 Å². The number of thioether (sulfide) groups is 1. The zero-order chi connectivity index (χ0) is 22.0. The molecule has 5 heteroatoms. The first-order valence-electron chi connectivity index (χ1n) is 10.1. The zero-order valence-electron chi connectivity index (χ0n) is 17.4. The number of carbonyl (C=O) groups excluding carboxylic acids is 1. The summed E-state index contributed by atoms with van der Waals surface area (Å²) in [7, 11) is 0. The summed E-state index contributed by atoms with van der Waals surface area (Å²) in [6, 6.07) is 18.4. The highest BCUT2D eigenvalue weighted by atomic mass is 32.2. The summed E-state index contributed by atoms with van der Waals surface area (Å²) in [6.07, 6.45) is 7.34. The van der Waals surface area contributed by atoms with E-state index >= 15 is 0 Å². The molecule has 0 unspecified atom stereocenters. The van der Waals surface area contributed by atoms with Gasteiger partial charge in [-0.05, 0) is 75.8 Å². The molecule has 1 aliphatic carbocycles. The maximum Gasteiger partial charge on any atom is 0.335 e. The van der Waals surface area contributed by atoms with E-state index in [9.17, 15) is 9.59 Å². The summed E-state index contributed by atoms with van der Waals surface area (Å²) in [4.78, 5) is 24.7. The van der Waals surface area contributed by atoms with E-state index in [1.807, 2.05) is 24.3 Å². The first-order chi connectivity index (χ1) is 14.8. The molecule has 0 fully saturated rings. The minimum Gasteiger partial charge on any atom is -0.478 e. The van der Waals surface area contributed by atoms with Crippen molar-refractivity contribution in [2.45, 2.75) is 25.2 Å². The number of hydrogen-bond donors (Lipinski definition) is 2. The summed E-state index contributed by atoms with van der Waals surface area (Å²) >= 11 is 1.15. The molecule has 2 N–H and O–H groups in total. The number of benzene rings is 3. The number of nitrogens with one attached hydrogen (secondary N) is 1. The molecule has 0 aromatic heterocycles. The van der Waals surface area contributed by atoms with Crippen LogP contribution >= 0.6 is 11.8 Å². The lowest BCUT2D eigenvalue weighted by molar-refractivity contribution is 0.0697. The third kappa shape index (κ3) is 4.72. The Kier molecular flexibility index (Phi) is 5.70. The smallest absolute Gasteiger partial charge is 0.335 e. The Morgan fingerprint density at radius 1 is 1.00 bits per heavy atom. The van der Waals surface area contributed by atoms with E-state index in [1.165, 1.54) is 17.7 Å². The summed E-state index contributed by atoms with van der Waals surface area (Å²) in [5.41, 5.74) is 3.10. The van der Waals surface area contributed by atoms with Crippen LogP contribution in [0.25, 0.3) is 16.3 Å². The largest absolute Gasteiger partial charge is 0.478 e. The van der Waals surface area contributed by atoms with Crippen molar-refractivity contribution < 1.29 is 14.7 Å². The van der Waals surface area contributed by atoms with E-state index in [4.69, 9.17) is 5.11 Å². The van der Waals surface area contributed by atoms with Gasteiger partial charge < -0.3 is 10.4 Å². The predicted octanol–water partition coefficient (Wildman–Crippen LogP) is 7.23. The van der Waals surface area contributed by atoms with Crippen molar-refractivity contribution in [1.29, 1.82) is 0 Å². The molecule has 0 saturated carbocycles. The van der Waals surface area contributed by atoms with Crippen molar-refractivity contribution >= 4 is 45.0 Å². The van der Waals surface area contributed by atoms with E-state index in [0.29, 0.717) is 5.69 Å². The average Bonchev–Trinajstić information content (AvgIpc) is 2.73. The maximum atomic E-state index is 12.8. The molecule has 1 aliphatic rings. The molecule has 0 bridgehead atoms. The summed E-state index contributed by atoms with van der Waals surface area (Å²) in [5, 5.41) is 13.9. The van der Waals surface area contributed by atoms with Crippen molar-refractivity contribution in [2.24, 2.45) is 5.41 Å². The van der Waals surface area contributed by atoms with Crippen LogP contribution in [0.4, 0.5) is 10.5 Å². The molecule has 0 spiro atoms. The van der Waals surface area contributed by atoms with Gasteiger partial charge in [0.2, 0.25) is 0 Å². The van der Waals surface area contributed by atoms with Crippen molar-refractivity contribution in [3.8, 4) is 0 Å². The lowest BCUT2D eigenvalue weighted by Gasteiger charge is -2.27. The minimum atomic E-state index is -0.995. The molecule has 3 aromatic rings. The topological polar surface area (TPSA) is 66.4 Å². The van der Waals surface area contributed by atoms with Gasteiger partial charge in [-0.15, -0.1) is 0 Å². The highest BCUT2D eigenvalue weighted by Gasteiger charge is 2.23. The highest BCUT2D eigenvalue weighted by molar-refractivity contribution is 8.14. The first kappa shape index (κ1) is 20.9. The van der Waals surface area contributed by atoms with Crippen molar-refractivity contribution in [3.63, 3.8) is 0 Å². The molecular weight excluding hydrogens is 406 g/mol. The second-order valence-electron chi connectivity index (χ2n) is 8.27. The number of carboxylic acid groups (broad SMARTS) is 1. The van der Waals surface area contributed by atoms with Crippen LogP contribution in [-0.4, -0.2) is 16.3 Å². The normalized spacial score (nSPS) is 14.8. The van der Waals surface area contributed by atoms with Gasteiger partial charge >= 0.3 is 5.97 Å². The summed E-state index contributed by atoms with van der Waals surface area (Å²) in [5.74, 6) is -0.995. The molecular formula is C26H23NO3S. The molecule has 0 aliphatic heterocycles. The lowest BCUT2D eigenvalue weighted by Crippen LogP contribution is -2.12. The number of carboxylic acids is 1. The fourth-order valence-electron chi connectivity index (χ4n) is 3.81. The molecule has 1 amide bonds. The van der Waals surface area contributed by atoms with E-state index < -0.39 is 5.97 Å². The van der Waals surface area contributed by atoms with Gasteiger partial charge in [0, 0.05) is 10.6 Å². The Hall–Kier alpha value is -3.31. The first-order valence-corrected chi connectivity index (χ1v) is 10.9. The Labute approximate surface area is 185 Å². The molecule has 4 rings (SSSR count). The molecule has 156 valence electrons. The number of hydrogen-bond acceptors (Lipinski definition) is 3. The van der Waals surface area contributed by atoms with Crippen molar-refractivity contribution in [3.05, 3.63) is 90.0 Å². The van der Waals surface area contributed by atoms with E-state index in [-0.39, 0.29) is 16.2 Å². The van der Waals surface area contributed by atoms with Crippen molar-refractivity contribution in [1.82, 2.24) is 0 Å². The molecule has 31 heavy (non-hydrogen) atoms. The second kappa shape index (κ2) is 8.44. The third-order valence-corrected chi connectivity index (χ3v) is 6.13. The van der Waals surface area contributed by atoms with Crippen LogP contribution in [0.5, 0.6) is 0 Å². The van der Waals surface area contributed by atoms with E-state index in [2.05, 4.69) is 49.5 Å². The van der Waals surface area contributed by atoms with Gasteiger partial charge in [0.15, 0.2) is 0 Å². The van der Waals surface area contributed by atoms with Gasteiger partial charge in [-0.1, -0.05) is 62.4 Å². The monoisotopic (exact) mass is 429 g/mol. The number of amides is 1. The van der Waals surface area contributed by atoms with Crippen LogP contribution in [0.2, 0.25) is 0 Å². The Bertz CT molecular complexity index is 1220. The molecule has 0 atom stereocenters. The number of carbonyl (C=O) groups is 2. The zero-order valence-corrected chi connectivity index (χ0v) is 18.2.